The number of hydrogen-bond acceptors (Lipinski definition) is 6. The van der Waals surface area contributed by atoms with Crippen LogP contribution in [0.5, 0.6) is 11.5 Å². The van der Waals surface area contributed by atoms with Crippen LogP contribution >= 0.6 is 12.2 Å². The Labute approximate surface area is 231 Å². The number of aromatic nitrogens is 1. The minimum atomic E-state index is -0.360. The highest BCUT2D eigenvalue weighted by molar-refractivity contribution is 7.80. The van der Waals surface area contributed by atoms with Crippen LogP contribution in [0.2, 0.25) is 0 Å². The molecule has 0 aliphatic rings. The van der Waals surface area contributed by atoms with Crippen LogP contribution in [0.25, 0.3) is 22.6 Å². The van der Waals surface area contributed by atoms with Crippen LogP contribution in [0.15, 0.2) is 95.4 Å². The molecule has 0 radical (unpaired) electrons. The van der Waals surface area contributed by atoms with Gasteiger partial charge in [-0.15, -0.1) is 0 Å². The van der Waals surface area contributed by atoms with Gasteiger partial charge >= 0.3 is 0 Å². The van der Waals surface area contributed by atoms with Crippen molar-refractivity contribution < 1.29 is 19.1 Å². The fourth-order valence-corrected chi connectivity index (χ4v) is 4.20. The average molecular weight is 538 g/mol. The van der Waals surface area contributed by atoms with Crippen LogP contribution in [0.4, 0.5) is 5.69 Å². The van der Waals surface area contributed by atoms with E-state index in [9.17, 15) is 9.90 Å². The van der Waals surface area contributed by atoms with E-state index >= 15 is 0 Å². The number of thiocarbonyl (C=S) groups is 1. The number of phenolic OH excluding ortho intramolecular Hbond substituents is 1. The van der Waals surface area contributed by atoms with Gasteiger partial charge in [0.05, 0.1) is 5.56 Å². The Kier molecular flexibility index (Phi) is 7.56. The van der Waals surface area contributed by atoms with Gasteiger partial charge in [0.1, 0.15) is 23.6 Å². The molecule has 0 aliphatic heterocycles. The van der Waals surface area contributed by atoms with E-state index in [0.717, 1.165) is 11.1 Å². The molecule has 0 saturated heterocycles. The van der Waals surface area contributed by atoms with E-state index in [2.05, 4.69) is 29.5 Å². The van der Waals surface area contributed by atoms with Gasteiger partial charge in [0.2, 0.25) is 5.89 Å². The standard InChI is InChI=1S/C31H27N3O4S/c1-19(2)22-10-15-28-26(16-22)33-30(38-28)25-17-23(11-14-27(25)35)32-31(39)34-29(36)21-8-12-24(13-9-21)37-18-20-6-4-3-5-7-20/h3-17,19,35H,18H2,1-2H3,(H2,32,34,36,39). The van der Waals surface area contributed by atoms with Gasteiger partial charge in [0.15, 0.2) is 10.7 Å². The van der Waals surface area contributed by atoms with Crippen molar-refractivity contribution in [2.24, 2.45) is 0 Å². The summed E-state index contributed by atoms with van der Waals surface area (Å²) in [5.41, 5.74) is 4.96. The van der Waals surface area contributed by atoms with Crippen LogP contribution in [-0.2, 0) is 6.61 Å². The van der Waals surface area contributed by atoms with Crippen LogP contribution in [-0.4, -0.2) is 21.1 Å². The number of oxazole rings is 1. The van der Waals surface area contributed by atoms with E-state index in [1.54, 1.807) is 36.4 Å². The Balaban J connectivity index is 1.22. The quantitative estimate of drug-likeness (QED) is 0.151. The summed E-state index contributed by atoms with van der Waals surface area (Å²) < 4.78 is 11.7. The van der Waals surface area contributed by atoms with Gasteiger partial charge in [-0.1, -0.05) is 50.2 Å². The molecule has 5 rings (SSSR count). The molecule has 0 saturated carbocycles. The van der Waals surface area contributed by atoms with Crippen LogP contribution in [0.1, 0.15) is 41.3 Å². The zero-order chi connectivity index (χ0) is 27.4. The first kappa shape index (κ1) is 25.9. The number of carbonyl (C=O) groups is 1. The lowest BCUT2D eigenvalue weighted by Gasteiger charge is -2.11. The normalized spacial score (nSPS) is 10.9. The highest BCUT2D eigenvalue weighted by atomic mass is 32.1. The topological polar surface area (TPSA) is 96.6 Å². The third-order valence-electron chi connectivity index (χ3n) is 6.16. The number of ether oxygens (including phenoxy) is 1. The molecule has 0 atom stereocenters. The van der Waals surface area contributed by atoms with Crippen molar-refractivity contribution in [3.63, 3.8) is 0 Å². The van der Waals surface area contributed by atoms with Crippen molar-refractivity contribution in [3.05, 3.63) is 108 Å². The number of benzene rings is 4. The lowest BCUT2D eigenvalue weighted by Crippen LogP contribution is -2.34. The number of nitrogens with one attached hydrogen (secondary N) is 2. The Morgan fingerprint density at radius 2 is 1.77 bits per heavy atom. The van der Waals surface area contributed by atoms with Gasteiger partial charge in [0, 0.05) is 11.3 Å². The fourth-order valence-electron chi connectivity index (χ4n) is 3.98. The van der Waals surface area contributed by atoms with Crippen molar-refractivity contribution in [3.8, 4) is 23.0 Å². The lowest BCUT2D eigenvalue weighted by atomic mass is 10.0. The first-order chi connectivity index (χ1) is 18.9. The molecule has 196 valence electrons. The molecule has 1 amide bonds. The maximum atomic E-state index is 12.7. The zero-order valence-corrected chi connectivity index (χ0v) is 22.3. The van der Waals surface area contributed by atoms with Gasteiger partial charge in [-0.25, -0.2) is 4.98 Å². The van der Waals surface area contributed by atoms with Crippen molar-refractivity contribution in [1.29, 1.82) is 0 Å². The van der Waals surface area contributed by atoms with E-state index in [0.29, 0.717) is 46.2 Å². The molecule has 0 aliphatic carbocycles. The predicted octanol–water partition coefficient (Wildman–Crippen LogP) is 7.03. The molecular formula is C31H27N3O4S. The minimum Gasteiger partial charge on any atom is -0.507 e. The maximum Gasteiger partial charge on any atom is 0.257 e. The molecule has 0 fully saturated rings. The molecule has 0 unspecified atom stereocenters. The summed E-state index contributed by atoms with van der Waals surface area (Å²) in [7, 11) is 0. The molecule has 5 aromatic rings. The summed E-state index contributed by atoms with van der Waals surface area (Å²) in [5.74, 6) is 0.961. The van der Waals surface area contributed by atoms with Gasteiger partial charge in [-0.3, -0.25) is 10.1 Å². The summed E-state index contributed by atoms with van der Waals surface area (Å²) in [6.07, 6.45) is 0. The van der Waals surface area contributed by atoms with E-state index < -0.39 is 0 Å². The minimum absolute atomic E-state index is 0.0146. The van der Waals surface area contributed by atoms with Crippen molar-refractivity contribution >= 4 is 40.0 Å². The van der Waals surface area contributed by atoms with E-state index in [-0.39, 0.29) is 22.7 Å². The second kappa shape index (κ2) is 11.4. The van der Waals surface area contributed by atoms with E-state index in [1.807, 2.05) is 48.5 Å². The largest absolute Gasteiger partial charge is 0.507 e. The number of fused-ring (bicyclic) bond motifs is 1. The van der Waals surface area contributed by atoms with Crippen molar-refractivity contribution in [1.82, 2.24) is 10.3 Å². The predicted molar refractivity (Wildman–Crippen MR) is 156 cm³/mol. The van der Waals surface area contributed by atoms with E-state index in [4.69, 9.17) is 21.4 Å². The van der Waals surface area contributed by atoms with Gasteiger partial charge in [-0.05, 0) is 83.9 Å². The summed E-state index contributed by atoms with van der Waals surface area (Å²) in [4.78, 5) is 17.3. The molecule has 8 heteroatoms. The van der Waals surface area contributed by atoms with Crippen LogP contribution in [0.3, 0.4) is 0 Å². The lowest BCUT2D eigenvalue weighted by molar-refractivity contribution is 0.0977. The summed E-state index contributed by atoms with van der Waals surface area (Å²) >= 11 is 5.35. The molecule has 4 aromatic carbocycles. The number of aromatic hydroxyl groups is 1. The second-order valence-electron chi connectivity index (χ2n) is 9.34. The van der Waals surface area contributed by atoms with Gasteiger partial charge < -0.3 is 19.6 Å². The molecular weight excluding hydrogens is 510 g/mol. The summed E-state index contributed by atoms with van der Waals surface area (Å²) in [5, 5.41) is 16.2. The Morgan fingerprint density at radius 1 is 1.00 bits per heavy atom. The zero-order valence-electron chi connectivity index (χ0n) is 21.5. The number of rotatable bonds is 7. The van der Waals surface area contributed by atoms with Crippen LogP contribution < -0.4 is 15.4 Å². The summed E-state index contributed by atoms with van der Waals surface area (Å²) in [6, 6.07) is 27.4. The Bertz CT molecular complexity index is 1630. The van der Waals surface area contributed by atoms with Gasteiger partial charge in [-0.2, -0.15) is 0 Å². The number of phenols is 1. The first-order valence-corrected chi connectivity index (χ1v) is 12.9. The molecule has 7 nitrogen and oxygen atoms in total. The first-order valence-electron chi connectivity index (χ1n) is 12.5. The molecule has 1 aromatic heterocycles. The maximum absolute atomic E-state index is 12.7. The number of carbonyl (C=O) groups excluding carboxylic acids is 1. The number of hydrogen-bond donors (Lipinski definition) is 3. The third kappa shape index (κ3) is 6.25. The SMILES string of the molecule is CC(C)c1ccc2oc(-c3cc(NC(=S)NC(=O)c4ccc(OCc5ccccc5)cc4)ccc3O)nc2c1. The summed E-state index contributed by atoms with van der Waals surface area (Å²) in [6.45, 7) is 4.67. The van der Waals surface area contributed by atoms with Crippen molar-refractivity contribution in [2.75, 3.05) is 5.32 Å². The highest BCUT2D eigenvalue weighted by Crippen LogP contribution is 2.34. The smallest absolute Gasteiger partial charge is 0.257 e. The monoisotopic (exact) mass is 537 g/mol. The highest BCUT2D eigenvalue weighted by Gasteiger charge is 2.15. The number of amides is 1. The average Bonchev–Trinajstić information content (AvgIpc) is 3.37. The fraction of sp³-hybridized carbons (Fsp3) is 0.129. The van der Waals surface area contributed by atoms with Crippen LogP contribution in [0, 0.1) is 0 Å². The second-order valence-corrected chi connectivity index (χ2v) is 9.75. The number of anilines is 1. The molecule has 39 heavy (non-hydrogen) atoms. The van der Waals surface area contributed by atoms with Crippen molar-refractivity contribution in [2.45, 2.75) is 26.4 Å². The molecule has 3 N–H and O–H groups in total. The van der Waals surface area contributed by atoms with Gasteiger partial charge in [0.25, 0.3) is 5.91 Å². The molecule has 0 spiro atoms. The Hall–Kier alpha value is -4.69. The van der Waals surface area contributed by atoms with E-state index in [1.165, 1.54) is 6.07 Å². The third-order valence-corrected chi connectivity index (χ3v) is 6.36. The molecule has 1 heterocycles. The number of nitrogens with zero attached hydrogens (tertiary/aromatic N) is 1. The Morgan fingerprint density at radius 3 is 2.51 bits per heavy atom. The molecule has 0 bridgehead atoms.